The first-order chi connectivity index (χ1) is 12.4. The van der Waals surface area contributed by atoms with Crippen LogP contribution < -0.4 is 10.1 Å². The fourth-order valence-corrected chi connectivity index (χ4v) is 2.35. The van der Waals surface area contributed by atoms with Crippen LogP contribution in [0, 0.1) is 5.92 Å². The third-order valence-electron chi connectivity index (χ3n) is 4.00. The van der Waals surface area contributed by atoms with Gasteiger partial charge in [0.25, 0.3) is 0 Å². The minimum atomic E-state index is -4.36. The topological polar surface area (TPSA) is 46.1 Å². The number of hydrogen-bond donors (Lipinski definition) is 1. The molecule has 0 heterocycles. The van der Waals surface area contributed by atoms with Crippen LogP contribution in [-0.4, -0.2) is 57.5 Å². The lowest BCUT2D eigenvalue weighted by molar-refractivity contribution is -0.153. The molecule has 154 valence electrons. The lowest BCUT2D eigenvalue weighted by atomic mass is 10.2. The first-order valence-electron chi connectivity index (χ1n) is 8.66. The Bertz CT molecular complexity index is 595. The van der Waals surface area contributed by atoms with E-state index in [0.717, 1.165) is 12.5 Å². The summed E-state index contributed by atoms with van der Waals surface area (Å²) >= 11 is 0. The molecule has 0 aromatic heterocycles. The largest absolute Gasteiger partial charge is 0.484 e. The minimum absolute atomic E-state index is 0. The predicted molar refractivity (Wildman–Crippen MR) is 110 cm³/mol. The zero-order valence-electron chi connectivity index (χ0n) is 15.6. The molecule has 0 atom stereocenters. The van der Waals surface area contributed by atoms with E-state index in [4.69, 9.17) is 9.47 Å². The maximum atomic E-state index is 12.4. The summed E-state index contributed by atoms with van der Waals surface area (Å²) in [7, 11) is 3.55. The molecule has 5 nitrogen and oxygen atoms in total. The van der Waals surface area contributed by atoms with Crippen LogP contribution in [0.2, 0.25) is 0 Å². The van der Waals surface area contributed by atoms with Crippen molar-refractivity contribution in [1.82, 2.24) is 10.2 Å². The predicted octanol–water partition coefficient (Wildman–Crippen LogP) is 3.68. The Kier molecular flexibility index (Phi) is 10.2. The van der Waals surface area contributed by atoms with E-state index in [9.17, 15) is 13.2 Å². The molecule has 0 saturated heterocycles. The fraction of sp³-hybridized carbons (Fsp3) is 0.611. The number of halogens is 4. The van der Waals surface area contributed by atoms with Gasteiger partial charge in [-0.2, -0.15) is 13.2 Å². The number of guanidine groups is 1. The van der Waals surface area contributed by atoms with Gasteiger partial charge in [0, 0.05) is 39.4 Å². The second-order valence-corrected chi connectivity index (χ2v) is 6.35. The van der Waals surface area contributed by atoms with Crippen LogP contribution in [0.25, 0.3) is 0 Å². The molecule has 0 amide bonds. The summed E-state index contributed by atoms with van der Waals surface area (Å²) in [5.41, 5.74) is 0.635. The number of benzene rings is 1. The van der Waals surface area contributed by atoms with Gasteiger partial charge in [0.2, 0.25) is 0 Å². The lowest BCUT2D eigenvalue weighted by Crippen LogP contribution is -2.40. The number of ether oxygens (including phenoxy) is 2. The molecule has 1 aliphatic carbocycles. The smallest absolute Gasteiger partial charge is 0.422 e. The minimum Gasteiger partial charge on any atom is -0.484 e. The van der Waals surface area contributed by atoms with Crippen LogP contribution in [0.3, 0.4) is 0 Å². The summed E-state index contributed by atoms with van der Waals surface area (Å²) in [5, 5.41) is 3.14. The number of likely N-dealkylation sites (N-methyl/N-ethyl adjacent to an activating group) is 1. The summed E-state index contributed by atoms with van der Waals surface area (Å²) in [5.74, 6) is 1.58. The summed E-state index contributed by atoms with van der Waals surface area (Å²) in [6.45, 7) is 1.10. The number of aliphatic imine (C=N–C) groups is 1. The molecule has 1 fully saturated rings. The van der Waals surface area contributed by atoms with Crippen molar-refractivity contribution in [2.75, 3.05) is 40.5 Å². The molecule has 1 saturated carbocycles. The number of alkyl halides is 3. The number of nitrogens with one attached hydrogen (secondary N) is 1. The molecular formula is C18H27F3IN3O2. The Morgan fingerprint density at radius 2 is 2.00 bits per heavy atom. The molecule has 1 N–H and O–H groups in total. The van der Waals surface area contributed by atoms with Gasteiger partial charge in [-0.05, 0) is 24.8 Å². The summed E-state index contributed by atoms with van der Waals surface area (Å²) < 4.78 is 47.6. The van der Waals surface area contributed by atoms with Crippen molar-refractivity contribution in [3.63, 3.8) is 0 Å². The van der Waals surface area contributed by atoms with Crippen molar-refractivity contribution in [3.8, 4) is 5.75 Å². The van der Waals surface area contributed by atoms with E-state index in [2.05, 4.69) is 10.3 Å². The third kappa shape index (κ3) is 9.50. The van der Waals surface area contributed by atoms with Crippen molar-refractivity contribution >= 4 is 29.9 Å². The Hall–Kier alpha value is -1.23. The first-order valence-corrected chi connectivity index (χ1v) is 8.66. The molecule has 0 unspecified atom stereocenters. The molecule has 27 heavy (non-hydrogen) atoms. The van der Waals surface area contributed by atoms with E-state index in [1.165, 1.54) is 18.9 Å². The average Bonchev–Trinajstić information content (AvgIpc) is 3.42. The Morgan fingerprint density at radius 1 is 1.30 bits per heavy atom. The van der Waals surface area contributed by atoms with Gasteiger partial charge in [0.05, 0.1) is 6.61 Å². The Balaban J connectivity index is 0.00000364. The van der Waals surface area contributed by atoms with Crippen LogP contribution in [0.15, 0.2) is 29.3 Å². The third-order valence-corrected chi connectivity index (χ3v) is 4.00. The summed E-state index contributed by atoms with van der Waals surface area (Å²) in [4.78, 5) is 6.12. The normalized spacial score (nSPS) is 14.5. The van der Waals surface area contributed by atoms with Crippen LogP contribution in [0.5, 0.6) is 5.75 Å². The zero-order valence-corrected chi connectivity index (χ0v) is 17.9. The molecule has 9 heteroatoms. The van der Waals surface area contributed by atoms with Gasteiger partial charge in [-0.1, -0.05) is 18.2 Å². The second-order valence-electron chi connectivity index (χ2n) is 6.35. The van der Waals surface area contributed by atoms with Gasteiger partial charge in [-0.15, -0.1) is 24.0 Å². The van der Waals surface area contributed by atoms with E-state index in [1.54, 1.807) is 25.2 Å². The van der Waals surface area contributed by atoms with E-state index in [0.29, 0.717) is 31.2 Å². The highest BCUT2D eigenvalue weighted by Crippen LogP contribution is 2.28. The van der Waals surface area contributed by atoms with Crippen molar-refractivity contribution in [3.05, 3.63) is 29.8 Å². The van der Waals surface area contributed by atoms with Gasteiger partial charge in [0.15, 0.2) is 12.6 Å². The molecule has 0 aliphatic heterocycles. The number of hydrogen-bond acceptors (Lipinski definition) is 3. The number of para-hydroxylation sites is 1. The maximum Gasteiger partial charge on any atom is 0.422 e. The van der Waals surface area contributed by atoms with Gasteiger partial charge in [0.1, 0.15) is 5.75 Å². The summed E-state index contributed by atoms with van der Waals surface area (Å²) in [6.07, 6.45) is -1.85. The average molecular weight is 501 g/mol. The highest BCUT2D eigenvalue weighted by atomic mass is 127. The lowest BCUT2D eigenvalue weighted by Gasteiger charge is -2.22. The van der Waals surface area contributed by atoms with Crippen molar-refractivity contribution in [2.24, 2.45) is 10.9 Å². The van der Waals surface area contributed by atoms with Crippen LogP contribution in [0.4, 0.5) is 13.2 Å². The highest BCUT2D eigenvalue weighted by Gasteiger charge is 2.28. The zero-order chi connectivity index (χ0) is 19.0. The molecule has 1 aromatic rings. The second kappa shape index (κ2) is 11.6. The molecule has 1 aromatic carbocycles. The van der Waals surface area contributed by atoms with E-state index in [1.807, 2.05) is 11.9 Å². The quantitative estimate of drug-likeness (QED) is 0.243. The van der Waals surface area contributed by atoms with E-state index in [-0.39, 0.29) is 29.7 Å². The van der Waals surface area contributed by atoms with Crippen molar-refractivity contribution < 1.29 is 22.6 Å². The van der Waals surface area contributed by atoms with Crippen molar-refractivity contribution in [1.29, 1.82) is 0 Å². The molecular weight excluding hydrogens is 474 g/mol. The highest BCUT2D eigenvalue weighted by molar-refractivity contribution is 14.0. The van der Waals surface area contributed by atoms with E-state index < -0.39 is 12.8 Å². The van der Waals surface area contributed by atoms with Gasteiger partial charge >= 0.3 is 6.18 Å². The molecule has 1 aliphatic rings. The van der Waals surface area contributed by atoms with Gasteiger partial charge in [-0.3, -0.25) is 4.99 Å². The molecule has 0 bridgehead atoms. The van der Waals surface area contributed by atoms with Crippen LogP contribution in [0.1, 0.15) is 18.4 Å². The molecule has 0 radical (unpaired) electrons. The maximum absolute atomic E-state index is 12.4. The van der Waals surface area contributed by atoms with Gasteiger partial charge in [-0.25, -0.2) is 0 Å². The van der Waals surface area contributed by atoms with E-state index >= 15 is 0 Å². The SMILES string of the molecule is CN=C(NCc1ccccc1OCC(F)(F)F)N(C)CCOCC1CC1.I. The first kappa shape index (κ1) is 23.8. The molecule has 2 rings (SSSR count). The number of rotatable bonds is 9. The standard InChI is InChI=1S/C18H26F3N3O2.HI/c1-22-17(24(2)9-10-25-12-14-7-8-14)23-11-15-5-3-4-6-16(15)26-13-18(19,20)21;/h3-6,14H,7-13H2,1-2H3,(H,22,23);1H. The van der Waals surface area contributed by atoms with Crippen LogP contribution in [-0.2, 0) is 11.3 Å². The Labute approximate surface area is 175 Å². The van der Waals surface area contributed by atoms with Crippen LogP contribution >= 0.6 is 24.0 Å². The summed E-state index contributed by atoms with van der Waals surface area (Å²) in [6, 6.07) is 6.66. The monoisotopic (exact) mass is 501 g/mol. The molecule has 0 spiro atoms. The Morgan fingerprint density at radius 3 is 2.63 bits per heavy atom. The number of nitrogens with zero attached hydrogens (tertiary/aromatic N) is 2. The van der Waals surface area contributed by atoms with Gasteiger partial charge < -0.3 is 19.7 Å². The van der Waals surface area contributed by atoms with Crippen molar-refractivity contribution in [2.45, 2.75) is 25.6 Å². The fourth-order valence-electron chi connectivity index (χ4n) is 2.35.